The maximum atomic E-state index is 12.6. The highest BCUT2D eigenvalue weighted by molar-refractivity contribution is 6.30. The molecule has 0 radical (unpaired) electrons. The van der Waals surface area contributed by atoms with Crippen LogP contribution in [0.3, 0.4) is 0 Å². The lowest BCUT2D eigenvalue weighted by Crippen LogP contribution is -2.54. The fraction of sp³-hybridized carbons (Fsp3) is 0.632. The fourth-order valence-corrected chi connectivity index (χ4v) is 4.16. The smallest absolute Gasteiger partial charge is 0.236 e. The van der Waals surface area contributed by atoms with Crippen molar-refractivity contribution in [3.05, 3.63) is 29.3 Å². The summed E-state index contributed by atoms with van der Waals surface area (Å²) in [6.07, 6.45) is -0.257. The molecule has 2 aliphatic rings. The first-order valence-corrected chi connectivity index (χ1v) is 9.50. The van der Waals surface area contributed by atoms with Crippen LogP contribution in [0.4, 0.5) is 5.69 Å². The Morgan fingerprint density at radius 2 is 1.80 bits per heavy atom. The molecule has 0 aromatic heterocycles. The quantitative estimate of drug-likeness (QED) is 0.889. The third-order valence-corrected chi connectivity index (χ3v) is 5.66. The highest BCUT2D eigenvalue weighted by atomic mass is 35.5. The minimum absolute atomic E-state index is 0.196. The average molecular weight is 366 g/mol. The zero-order valence-corrected chi connectivity index (χ0v) is 15.8. The van der Waals surface area contributed by atoms with Crippen LogP contribution in [-0.2, 0) is 4.79 Å². The number of halogens is 1. The number of hydrogen-bond acceptors (Lipinski definition) is 4. The van der Waals surface area contributed by atoms with Gasteiger partial charge in [-0.1, -0.05) is 31.5 Å². The number of aliphatic hydroxyl groups excluding tert-OH is 1. The number of amides is 1. The monoisotopic (exact) mass is 365 g/mol. The van der Waals surface area contributed by atoms with Crippen LogP contribution in [0.2, 0.25) is 5.02 Å². The second kappa shape index (κ2) is 7.94. The van der Waals surface area contributed by atoms with E-state index in [9.17, 15) is 9.90 Å². The predicted octanol–water partition coefficient (Wildman–Crippen LogP) is 1.94. The van der Waals surface area contributed by atoms with Crippen LogP contribution in [0.1, 0.15) is 13.8 Å². The molecule has 0 aliphatic carbocycles. The first-order chi connectivity index (χ1) is 11.9. The van der Waals surface area contributed by atoms with E-state index in [2.05, 4.69) is 29.7 Å². The summed E-state index contributed by atoms with van der Waals surface area (Å²) in [4.78, 5) is 19.1. The summed E-state index contributed by atoms with van der Waals surface area (Å²) in [5, 5.41) is 10.8. The van der Waals surface area contributed by atoms with E-state index in [0.29, 0.717) is 6.54 Å². The number of carbonyl (C=O) groups is 1. The second-order valence-corrected chi connectivity index (χ2v) is 7.92. The van der Waals surface area contributed by atoms with Crippen LogP contribution >= 0.6 is 11.6 Å². The van der Waals surface area contributed by atoms with Gasteiger partial charge in [-0.2, -0.15) is 0 Å². The number of piperazine rings is 1. The second-order valence-electron chi connectivity index (χ2n) is 7.49. The molecule has 25 heavy (non-hydrogen) atoms. The van der Waals surface area contributed by atoms with Crippen LogP contribution in [0.5, 0.6) is 0 Å². The van der Waals surface area contributed by atoms with Gasteiger partial charge in [0.1, 0.15) is 0 Å². The molecule has 2 heterocycles. The number of anilines is 1. The molecule has 0 bridgehead atoms. The zero-order valence-electron chi connectivity index (χ0n) is 15.1. The third kappa shape index (κ3) is 4.46. The molecule has 2 unspecified atom stereocenters. The Bertz CT molecular complexity index is 592. The van der Waals surface area contributed by atoms with Gasteiger partial charge in [-0.3, -0.25) is 9.69 Å². The van der Waals surface area contributed by atoms with Gasteiger partial charge in [0.05, 0.1) is 12.6 Å². The van der Waals surface area contributed by atoms with Crippen molar-refractivity contribution in [1.82, 2.24) is 9.80 Å². The van der Waals surface area contributed by atoms with E-state index in [1.807, 2.05) is 23.1 Å². The molecule has 1 N–H and O–H groups in total. The van der Waals surface area contributed by atoms with Gasteiger partial charge < -0.3 is 14.9 Å². The molecule has 5 nitrogen and oxygen atoms in total. The zero-order chi connectivity index (χ0) is 18.0. The molecule has 2 aliphatic heterocycles. The Balaban J connectivity index is 1.50. The highest BCUT2D eigenvalue weighted by Crippen LogP contribution is 2.23. The van der Waals surface area contributed by atoms with Crippen molar-refractivity contribution in [2.75, 3.05) is 50.7 Å². The molecule has 2 fully saturated rings. The minimum atomic E-state index is -0.257. The molecule has 0 saturated carbocycles. The van der Waals surface area contributed by atoms with Crippen molar-refractivity contribution in [1.29, 1.82) is 0 Å². The van der Waals surface area contributed by atoms with Crippen molar-refractivity contribution in [3.8, 4) is 0 Å². The Morgan fingerprint density at radius 3 is 2.40 bits per heavy atom. The lowest BCUT2D eigenvalue weighted by molar-refractivity contribution is -0.134. The molecule has 2 atom stereocenters. The van der Waals surface area contributed by atoms with Crippen LogP contribution in [-0.4, -0.2) is 72.7 Å². The van der Waals surface area contributed by atoms with Crippen molar-refractivity contribution >= 4 is 23.2 Å². The summed E-state index contributed by atoms with van der Waals surface area (Å²) in [5.74, 6) is 0.633. The molecular weight excluding hydrogens is 338 g/mol. The van der Waals surface area contributed by atoms with Gasteiger partial charge in [-0.15, -0.1) is 0 Å². The number of aliphatic hydroxyl groups is 1. The van der Waals surface area contributed by atoms with Gasteiger partial charge in [-0.25, -0.2) is 0 Å². The van der Waals surface area contributed by atoms with Gasteiger partial charge >= 0.3 is 0 Å². The summed E-state index contributed by atoms with van der Waals surface area (Å²) < 4.78 is 0. The van der Waals surface area contributed by atoms with E-state index in [0.717, 1.165) is 50.0 Å². The van der Waals surface area contributed by atoms with E-state index >= 15 is 0 Å². The molecule has 3 rings (SSSR count). The number of piperidine rings is 1. The summed E-state index contributed by atoms with van der Waals surface area (Å²) in [7, 11) is 0. The lowest BCUT2D eigenvalue weighted by atomic mass is 9.88. The van der Waals surface area contributed by atoms with Crippen LogP contribution in [0, 0.1) is 11.8 Å². The van der Waals surface area contributed by atoms with Crippen molar-refractivity contribution in [3.63, 3.8) is 0 Å². The molecule has 6 heteroatoms. The minimum Gasteiger partial charge on any atom is -0.392 e. The Morgan fingerprint density at radius 1 is 1.16 bits per heavy atom. The summed E-state index contributed by atoms with van der Waals surface area (Å²) in [6, 6.07) is 7.87. The first kappa shape index (κ1) is 18.5. The first-order valence-electron chi connectivity index (χ1n) is 9.12. The van der Waals surface area contributed by atoms with Crippen molar-refractivity contribution in [2.24, 2.45) is 11.8 Å². The highest BCUT2D eigenvalue weighted by Gasteiger charge is 2.32. The van der Waals surface area contributed by atoms with Gasteiger partial charge in [0, 0.05) is 50.0 Å². The maximum Gasteiger partial charge on any atom is 0.236 e. The Labute approximate surface area is 155 Å². The third-order valence-electron chi connectivity index (χ3n) is 5.42. The van der Waals surface area contributed by atoms with Gasteiger partial charge in [-0.05, 0) is 30.0 Å². The van der Waals surface area contributed by atoms with Crippen molar-refractivity contribution in [2.45, 2.75) is 20.0 Å². The Kier molecular flexibility index (Phi) is 5.87. The normalized spacial score (nSPS) is 28.2. The standard InChI is InChI=1S/C19H28ClN3O2/c1-14-11-21(12-15(2)19(14)25)13-18(24)23-8-6-22(7-9-23)17-5-3-4-16(20)10-17/h3-5,10,14-15,19,25H,6-9,11-13H2,1-2H3. The van der Waals surface area contributed by atoms with E-state index in [4.69, 9.17) is 11.6 Å². The summed E-state index contributed by atoms with van der Waals surface area (Å²) in [5.41, 5.74) is 1.12. The molecule has 1 amide bonds. The fourth-order valence-electron chi connectivity index (χ4n) is 3.97. The molecule has 1 aromatic rings. The van der Waals surface area contributed by atoms with Gasteiger partial charge in [0.15, 0.2) is 0 Å². The van der Waals surface area contributed by atoms with E-state index in [1.165, 1.54) is 0 Å². The summed E-state index contributed by atoms with van der Waals surface area (Å²) >= 11 is 6.07. The van der Waals surface area contributed by atoms with Crippen LogP contribution < -0.4 is 4.90 Å². The van der Waals surface area contributed by atoms with E-state index in [-0.39, 0.29) is 23.8 Å². The largest absolute Gasteiger partial charge is 0.392 e. The number of rotatable bonds is 3. The molecule has 138 valence electrons. The lowest BCUT2D eigenvalue weighted by Gasteiger charge is -2.40. The predicted molar refractivity (Wildman–Crippen MR) is 101 cm³/mol. The molecule has 0 spiro atoms. The Hall–Kier alpha value is -1.30. The van der Waals surface area contributed by atoms with E-state index in [1.54, 1.807) is 0 Å². The van der Waals surface area contributed by atoms with Crippen LogP contribution in [0.25, 0.3) is 0 Å². The van der Waals surface area contributed by atoms with Crippen molar-refractivity contribution < 1.29 is 9.90 Å². The molecule has 2 saturated heterocycles. The number of benzene rings is 1. The topological polar surface area (TPSA) is 47.0 Å². The number of likely N-dealkylation sites (tertiary alicyclic amines) is 1. The number of nitrogens with zero attached hydrogens (tertiary/aromatic N) is 3. The number of carbonyl (C=O) groups excluding carboxylic acids is 1. The van der Waals surface area contributed by atoms with Crippen LogP contribution in [0.15, 0.2) is 24.3 Å². The molecular formula is C19H28ClN3O2. The van der Waals surface area contributed by atoms with E-state index < -0.39 is 0 Å². The SMILES string of the molecule is CC1CN(CC(=O)N2CCN(c3cccc(Cl)c3)CC2)CC(C)C1O. The number of hydrogen-bond donors (Lipinski definition) is 1. The average Bonchev–Trinajstić information content (AvgIpc) is 2.59. The summed E-state index contributed by atoms with van der Waals surface area (Å²) in [6.45, 7) is 9.30. The van der Waals surface area contributed by atoms with Gasteiger partial charge in [0.2, 0.25) is 5.91 Å². The maximum absolute atomic E-state index is 12.6. The molecule has 1 aromatic carbocycles. The van der Waals surface area contributed by atoms with Gasteiger partial charge in [0.25, 0.3) is 0 Å².